The molecule has 0 bridgehead atoms. The van der Waals surface area contributed by atoms with Crippen LogP contribution in [-0.2, 0) is 0 Å². The molecule has 98 valence electrons. The van der Waals surface area contributed by atoms with E-state index in [0.29, 0.717) is 12.6 Å². The zero-order chi connectivity index (χ0) is 13.1. The van der Waals surface area contributed by atoms with Crippen molar-refractivity contribution >= 4 is 11.5 Å². The van der Waals surface area contributed by atoms with Gasteiger partial charge in [0.15, 0.2) is 5.78 Å². The molecular formula is C14H21N3O. The number of benzene rings is 1. The van der Waals surface area contributed by atoms with Crippen LogP contribution >= 0.6 is 0 Å². The van der Waals surface area contributed by atoms with Crippen LogP contribution in [0.5, 0.6) is 0 Å². The number of ketones is 1. The standard InChI is InChI=1S/C14H21N3O/c1-11(18)12-3-5-13(6-4-12)17-8-7-16(2)10-14(17)9-15/h3-6,14H,7-10,15H2,1-2H3. The molecule has 1 aliphatic rings. The van der Waals surface area contributed by atoms with Crippen LogP contribution < -0.4 is 10.6 Å². The van der Waals surface area contributed by atoms with Crippen LogP contribution in [0.1, 0.15) is 17.3 Å². The van der Waals surface area contributed by atoms with E-state index in [1.807, 2.05) is 24.3 Å². The molecule has 1 aliphatic heterocycles. The van der Waals surface area contributed by atoms with Gasteiger partial charge in [-0.15, -0.1) is 0 Å². The molecule has 1 aromatic carbocycles. The Labute approximate surface area is 108 Å². The van der Waals surface area contributed by atoms with E-state index in [0.717, 1.165) is 30.9 Å². The first-order valence-corrected chi connectivity index (χ1v) is 6.38. The molecule has 1 atom stereocenters. The number of carbonyl (C=O) groups excluding carboxylic acids is 1. The van der Waals surface area contributed by atoms with Crippen molar-refractivity contribution in [1.29, 1.82) is 0 Å². The molecule has 4 nitrogen and oxygen atoms in total. The number of nitrogens with two attached hydrogens (primary N) is 1. The molecule has 1 aromatic rings. The molecule has 0 amide bonds. The summed E-state index contributed by atoms with van der Waals surface area (Å²) in [6.07, 6.45) is 0. The molecule has 1 saturated heterocycles. The molecule has 1 heterocycles. The third kappa shape index (κ3) is 2.71. The van der Waals surface area contributed by atoms with Crippen molar-refractivity contribution < 1.29 is 4.79 Å². The second-order valence-corrected chi connectivity index (χ2v) is 4.95. The largest absolute Gasteiger partial charge is 0.365 e. The lowest BCUT2D eigenvalue weighted by Crippen LogP contribution is -2.55. The van der Waals surface area contributed by atoms with Gasteiger partial charge in [-0.25, -0.2) is 0 Å². The molecule has 0 radical (unpaired) electrons. The second kappa shape index (κ2) is 5.50. The Morgan fingerprint density at radius 1 is 1.33 bits per heavy atom. The average Bonchev–Trinajstić information content (AvgIpc) is 2.38. The van der Waals surface area contributed by atoms with Gasteiger partial charge in [-0.1, -0.05) is 0 Å². The minimum Gasteiger partial charge on any atom is -0.365 e. The first-order chi connectivity index (χ1) is 8.61. The van der Waals surface area contributed by atoms with Gasteiger partial charge in [-0.3, -0.25) is 4.79 Å². The van der Waals surface area contributed by atoms with E-state index >= 15 is 0 Å². The molecule has 18 heavy (non-hydrogen) atoms. The van der Waals surface area contributed by atoms with Gasteiger partial charge in [0, 0.05) is 37.4 Å². The maximum absolute atomic E-state index is 11.3. The van der Waals surface area contributed by atoms with Crippen molar-refractivity contribution in [2.75, 3.05) is 38.1 Å². The van der Waals surface area contributed by atoms with Gasteiger partial charge in [0.1, 0.15) is 0 Å². The Hall–Kier alpha value is -1.39. The van der Waals surface area contributed by atoms with Crippen LogP contribution in [-0.4, -0.2) is 50.0 Å². The maximum Gasteiger partial charge on any atom is 0.159 e. The van der Waals surface area contributed by atoms with Crippen molar-refractivity contribution in [2.24, 2.45) is 5.73 Å². The van der Waals surface area contributed by atoms with Crippen LogP contribution in [0.2, 0.25) is 0 Å². The van der Waals surface area contributed by atoms with Gasteiger partial charge in [0.05, 0.1) is 6.04 Å². The molecule has 1 fully saturated rings. The Bertz CT molecular complexity index is 416. The SMILES string of the molecule is CC(=O)c1ccc(N2CCN(C)CC2CN)cc1. The molecule has 2 rings (SSSR count). The lowest BCUT2D eigenvalue weighted by molar-refractivity contribution is 0.101. The number of Topliss-reactive ketones (excluding diaryl/α,β-unsaturated/α-hetero) is 1. The maximum atomic E-state index is 11.3. The molecule has 0 spiro atoms. The molecule has 4 heteroatoms. The van der Waals surface area contributed by atoms with Crippen molar-refractivity contribution in [2.45, 2.75) is 13.0 Å². The van der Waals surface area contributed by atoms with Crippen molar-refractivity contribution in [3.8, 4) is 0 Å². The highest BCUT2D eigenvalue weighted by Gasteiger charge is 2.24. The monoisotopic (exact) mass is 247 g/mol. The predicted molar refractivity (Wildman–Crippen MR) is 74.1 cm³/mol. The fourth-order valence-corrected chi connectivity index (χ4v) is 2.44. The quantitative estimate of drug-likeness (QED) is 0.809. The average molecular weight is 247 g/mol. The normalized spacial score (nSPS) is 21.1. The summed E-state index contributed by atoms with van der Waals surface area (Å²) in [7, 11) is 2.12. The van der Waals surface area contributed by atoms with Crippen LogP contribution in [0.15, 0.2) is 24.3 Å². The van der Waals surface area contributed by atoms with E-state index in [-0.39, 0.29) is 5.78 Å². The van der Waals surface area contributed by atoms with Crippen molar-refractivity contribution in [1.82, 2.24) is 4.90 Å². The highest BCUT2D eigenvalue weighted by Crippen LogP contribution is 2.20. The fraction of sp³-hybridized carbons (Fsp3) is 0.500. The zero-order valence-corrected chi connectivity index (χ0v) is 11.1. The number of hydrogen-bond acceptors (Lipinski definition) is 4. The van der Waals surface area contributed by atoms with E-state index in [1.54, 1.807) is 6.92 Å². The molecule has 0 aromatic heterocycles. The summed E-state index contributed by atoms with van der Waals surface area (Å²) >= 11 is 0. The van der Waals surface area contributed by atoms with E-state index < -0.39 is 0 Å². The molecule has 1 unspecified atom stereocenters. The summed E-state index contributed by atoms with van der Waals surface area (Å²) in [4.78, 5) is 15.9. The van der Waals surface area contributed by atoms with Crippen molar-refractivity contribution in [3.05, 3.63) is 29.8 Å². The molecular weight excluding hydrogens is 226 g/mol. The number of anilines is 1. The number of rotatable bonds is 3. The first-order valence-electron chi connectivity index (χ1n) is 6.38. The van der Waals surface area contributed by atoms with Crippen LogP contribution in [0, 0.1) is 0 Å². The van der Waals surface area contributed by atoms with Gasteiger partial charge in [-0.2, -0.15) is 0 Å². The minimum absolute atomic E-state index is 0.107. The molecule has 0 saturated carbocycles. The second-order valence-electron chi connectivity index (χ2n) is 4.95. The lowest BCUT2D eigenvalue weighted by atomic mass is 10.1. The Morgan fingerprint density at radius 3 is 2.56 bits per heavy atom. The summed E-state index contributed by atoms with van der Waals surface area (Å²) in [5.74, 6) is 0.107. The van der Waals surface area contributed by atoms with E-state index in [2.05, 4.69) is 16.8 Å². The Balaban J connectivity index is 2.17. The summed E-state index contributed by atoms with van der Waals surface area (Å²) in [5, 5.41) is 0. The third-order valence-electron chi connectivity index (χ3n) is 3.56. The molecule has 0 aliphatic carbocycles. The summed E-state index contributed by atoms with van der Waals surface area (Å²) in [5.41, 5.74) is 7.77. The van der Waals surface area contributed by atoms with Crippen LogP contribution in [0.25, 0.3) is 0 Å². The van der Waals surface area contributed by atoms with Gasteiger partial charge < -0.3 is 15.5 Å². The topological polar surface area (TPSA) is 49.6 Å². The smallest absolute Gasteiger partial charge is 0.159 e. The number of nitrogens with zero attached hydrogens (tertiary/aromatic N) is 2. The number of piperazine rings is 1. The number of likely N-dealkylation sites (N-methyl/N-ethyl adjacent to an activating group) is 1. The Kier molecular flexibility index (Phi) is 3.99. The lowest BCUT2D eigenvalue weighted by Gasteiger charge is -2.41. The highest BCUT2D eigenvalue weighted by molar-refractivity contribution is 5.94. The fourth-order valence-electron chi connectivity index (χ4n) is 2.44. The minimum atomic E-state index is 0.107. The number of carbonyl (C=O) groups is 1. The number of hydrogen-bond donors (Lipinski definition) is 1. The highest BCUT2D eigenvalue weighted by atomic mass is 16.1. The van der Waals surface area contributed by atoms with Crippen molar-refractivity contribution in [3.63, 3.8) is 0 Å². The summed E-state index contributed by atoms with van der Waals surface area (Å²) in [6, 6.07) is 8.18. The predicted octanol–water partition coefficient (Wildman–Crippen LogP) is 0.968. The van der Waals surface area contributed by atoms with Gasteiger partial charge in [-0.05, 0) is 38.2 Å². The first kappa shape index (κ1) is 13.1. The van der Waals surface area contributed by atoms with Crippen LogP contribution in [0.4, 0.5) is 5.69 Å². The van der Waals surface area contributed by atoms with E-state index in [9.17, 15) is 4.79 Å². The third-order valence-corrected chi connectivity index (χ3v) is 3.56. The van der Waals surface area contributed by atoms with Gasteiger partial charge in [0.2, 0.25) is 0 Å². The molecule has 2 N–H and O–H groups in total. The summed E-state index contributed by atoms with van der Waals surface area (Å²) < 4.78 is 0. The Morgan fingerprint density at radius 2 is 2.00 bits per heavy atom. The van der Waals surface area contributed by atoms with E-state index in [1.165, 1.54) is 0 Å². The van der Waals surface area contributed by atoms with Crippen LogP contribution in [0.3, 0.4) is 0 Å². The summed E-state index contributed by atoms with van der Waals surface area (Å²) in [6.45, 7) is 5.26. The van der Waals surface area contributed by atoms with E-state index in [4.69, 9.17) is 5.73 Å². The van der Waals surface area contributed by atoms with Gasteiger partial charge in [0.25, 0.3) is 0 Å². The zero-order valence-electron chi connectivity index (χ0n) is 11.1. The van der Waals surface area contributed by atoms with Gasteiger partial charge >= 0.3 is 0 Å².